The smallest absolute Gasteiger partial charge is 0.175 e. The number of rotatable bonds is 4. The number of benzene rings is 2. The van der Waals surface area contributed by atoms with Gasteiger partial charge in [-0.25, -0.2) is 17.5 Å². The van der Waals surface area contributed by atoms with Crippen molar-refractivity contribution in [2.75, 3.05) is 6.26 Å². The SMILES string of the molecule is CS(=O)(=O)c1ccc(-c2cc(-c3cc[nH]n3)nn2-c2ccc(F)cc2)cc1. The molecule has 6 nitrogen and oxygen atoms in total. The van der Waals surface area contributed by atoms with Crippen LogP contribution in [-0.4, -0.2) is 34.7 Å². The van der Waals surface area contributed by atoms with Gasteiger partial charge in [-0.1, -0.05) is 12.1 Å². The fraction of sp³-hybridized carbons (Fsp3) is 0.0526. The van der Waals surface area contributed by atoms with Crippen molar-refractivity contribution in [3.8, 4) is 28.3 Å². The van der Waals surface area contributed by atoms with Crippen LogP contribution in [0.1, 0.15) is 0 Å². The lowest BCUT2D eigenvalue weighted by molar-refractivity contribution is 0.602. The summed E-state index contributed by atoms with van der Waals surface area (Å²) in [5.74, 6) is -0.336. The molecule has 0 bridgehead atoms. The van der Waals surface area contributed by atoms with Gasteiger partial charge in [0.1, 0.15) is 17.2 Å². The zero-order valence-electron chi connectivity index (χ0n) is 14.3. The largest absolute Gasteiger partial charge is 0.285 e. The predicted molar refractivity (Wildman–Crippen MR) is 99.6 cm³/mol. The van der Waals surface area contributed by atoms with E-state index in [4.69, 9.17) is 0 Å². The van der Waals surface area contributed by atoms with Crippen LogP contribution in [0.25, 0.3) is 28.3 Å². The molecule has 0 aliphatic carbocycles. The summed E-state index contributed by atoms with van der Waals surface area (Å²) in [6, 6.07) is 16.2. The summed E-state index contributed by atoms with van der Waals surface area (Å²) < 4.78 is 38.4. The summed E-state index contributed by atoms with van der Waals surface area (Å²) in [6.45, 7) is 0. The van der Waals surface area contributed by atoms with E-state index in [0.717, 1.165) is 11.3 Å². The predicted octanol–water partition coefficient (Wildman–Crippen LogP) is 3.47. The van der Waals surface area contributed by atoms with Crippen LogP contribution < -0.4 is 0 Å². The monoisotopic (exact) mass is 382 g/mol. The van der Waals surface area contributed by atoms with Gasteiger partial charge in [0.05, 0.1) is 16.3 Å². The van der Waals surface area contributed by atoms with Gasteiger partial charge in [0.15, 0.2) is 9.84 Å². The summed E-state index contributed by atoms with van der Waals surface area (Å²) in [4.78, 5) is 0.242. The minimum absolute atomic E-state index is 0.242. The van der Waals surface area contributed by atoms with Crippen LogP contribution in [0.5, 0.6) is 0 Å². The van der Waals surface area contributed by atoms with Gasteiger partial charge in [-0.05, 0) is 48.5 Å². The molecule has 0 saturated heterocycles. The van der Waals surface area contributed by atoms with Gasteiger partial charge in [-0.15, -0.1) is 0 Å². The van der Waals surface area contributed by atoms with Gasteiger partial charge in [-0.2, -0.15) is 10.2 Å². The first-order chi connectivity index (χ1) is 12.9. The van der Waals surface area contributed by atoms with Gasteiger partial charge in [0.2, 0.25) is 0 Å². The topological polar surface area (TPSA) is 80.6 Å². The van der Waals surface area contributed by atoms with E-state index in [0.29, 0.717) is 17.1 Å². The third-order valence-electron chi connectivity index (χ3n) is 4.12. The molecule has 4 aromatic rings. The van der Waals surface area contributed by atoms with Crippen LogP contribution >= 0.6 is 0 Å². The molecule has 0 atom stereocenters. The van der Waals surface area contributed by atoms with Crippen LogP contribution in [0.2, 0.25) is 0 Å². The number of H-pyrrole nitrogens is 1. The molecular formula is C19H15FN4O2S. The standard InChI is InChI=1S/C19H15FN4O2S/c1-27(25,26)16-8-2-13(3-9-16)19-12-18(17-10-11-21-22-17)23-24(19)15-6-4-14(20)5-7-15/h2-12H,1H3,(H,21,22). The summed E-state index contributed by atoms with van der Waals surface area (Å²) in [5.41, 5.74) is 3.51. The summed E-state index contributed by atoms with van der Waals surface area (Å²) in [7, 11) is -3.28. The first-order valence-corrected chi connectivity index (χ1v) is 9.97. The van der Waals surface area contributed by atoms with Crippen LogP contribution in [0.15, 0.2) is 71.8 Å². The number of aromatic nitrogens is 4. The highest BCUT2D eigenvalue weighted by Crippen LogP contribution is 2.28. The summed E-state index contributed by atoms with van der Waals surface area (Å²) in [5, 5.41) is 11.5. The van der Waals surface area contributed by atoms with Crippen LogP contribution in [-0.2, 0) is 9.84 Å². The molecule has 0 fully saturated rings. The molecule has 0 unspecified atom stereocenters. The first kappa shape index (κ1) is 17.2. The highest BCUT2D eigenvalue weighted by Gasteiger charge is 2.15. The first-order valence-electron chi connectivity index (χ1n) is 8.08. The molecule has 0 aliphatic rings. The van der Waals surface area contributed by atoms with E-state index >= 15 is 0 Å². The van der Waals surface area contributed by atoms with E-state index in [1.54, 1.807) is 53.3 Å². The number of nitrogens with zero attached hydrogens (tertiary/aromatic N) is 3. The van der Waals surface area contributed by atoms with E-state index in [-0.39, 0.29) is 10.7 Å². The zero-order valence-corrected chi connectivity index (χ0v) is 15.1. The Morgan fingerprint density at radius 1 is 0.963 bits per heavy atom. The highest BCUT2D eigenvalue weighted by atomic mass is 32.2. The van der Waals surface area contributed by atoms with Crippen LogP contribution in [0, 0.1) is 5.82 Å². The Morgan fingerprint density at radius 3 is 2.26 bits per heavy atom. The molecule has 27 heavy (non-hydrogen) atoms. The van der Waals surface area contributed by atoms with Crippen molar-refractivity contribution >= 4 is 9.84 Å². The summed E-state index contributed by atoms with van der Waals surface area (Å²) in [6.07, 6.45) is 2.87. The number of hydrogen-bond acceptors (Lipinski definition) is 4. The Balaban J connectivity index is 1.86. The van der Waals surface area contributed by atoms with Gasteiger partial charge in [-0.3, -0.25) is 5.10 Å². The lowest BCUT2D eigenvalue weighted by Crippen LogP contribution is -2.00. The molecule has 2 aromatic carbocycles. The molecule has 0 radical (unpaired) electrons. The van der Waals surface area contributed by atoms with Crippen molar-refractivity contribution < 1.29 is 12.8 Å². The minimum Gasteiger partial charge on any atom is -0.285 e. The maximum atomic E-state index is 13.3. The van der Waals surface area contributed by atoms with E-state index in [9.17, 15) is 12.8 Å². The Bertz CT molecular complexity index is 1180. The average molecular weight is 382 g/mol. The zero-order chi connectivity index (χ0) is 19.0. The maximum Gasteiger partial charge on any atom is 0.175 e. The van der Waals surface area contributed by atoms with Crippen LogP contribution in [0.3, 0.4) is 0 Å². The van der Waals surface area contributed by atoms with Crippen molar-refractivity contribution in [3.05, 3.63) is 72.7 Å². The molecular weight excluding hydrogens is 367 g/mol. The lowest BCUT2D eigenvalue weighted by Gasteiger charge is -2.08. The number of halogens is 1. The van der Waals surface area contributed by atoms with E-state index < -0.39 is 9.84 Å². The van der Waals surface area contributed by atoms with Crippen LogP contribution in [0.4, 0.5) is 4.39 Å². The Kier molecular flexibility index (Phi) is 4.12. The molecule has 8 heteroatoms. The molecule has 4 rings (SSSR count). The Morgan fingerprint density at radius 2 is 1.67 bits per heavy atom. The quantitative estimate of drug-likeness (QED) is 0.586. The normalized spacial score (nSPS) is 11.6. The van der Waals surface area contributed by atoms with Gasteiger partial charge >= 0.3 is 0 Å². The number of sulfone groups is 1. The number of nitrogens with one attached hydrogen (secondary N) is 1. The average Bonchev–Trinajstić information content (AvgIpc) is 3.31. The molecule has 136 valence electrons. The number of aromatic amines is 1. The van der Waals surface area contributed by atoms with Crippen molar-refractivity contribution in [3.63, 3.8) is 0 Å². The second-order valence-electron chi connectivity index (χ2n) is 6.06. The van der Waals surface area contributed by atoms with Gasteiger partial charge < -0.3 is 0 Å². The molecule has 0 saturated carbocycles. The van der Waals surface area contributed by atoms with Crippen molar-refractivity contribution in [2.45, 2.75) is 4.90 Å². The van der Waals surface area contributed by atoms with Crippen molar-refractivity contribution in [1.29, 1.82) is 0 Å². The van der Waals surface area contributed by atoms with Crippen molar-refractivity contribution in [1.82, 2.24) is 20.0 Å². The highest BCUT2D eigenvalue weighted by molar-refractivity contribution is 7.90. The molecule has 2 heterocycles. The molecule has 0 spiro atoms. The lowest BCUT2D eigenvalue weighted by atomic mass is 10.1. The van der Waals surface area contributed by atoms with Crippen molar-refractivity contribution in [2.24, 2.45) is 0 Å². The van der Waals surface area contributed by atoms with E-state index in [1.165, 1.54) is 18.4 Å². The fourth-order valence-corrected chi connectivity index (χ4v) is 3.40. The Labute approximate surface area is 155 Å². The van der Waals surface area contributed by atoms with Gasteiger partial charge in [0.25, 0.3) is 0 Å². The molecule has 1 N–H and O–H groups in total. The molecule has 0 aliphatic heterocycles. The second-order valence-corrected chi connectivity index (χ2v) is 8.07. The summed E-state index contributed by atoms with van der Waals surface area (Å²) >= 11 is 0. The van der Waals surface area contributed by atoms with Gasteiger partial charge in [0, 0.05) is 18.0 Å². The third-order valence-corrected chi connectivity index (χ3v) is 5.25. The van der Waals surface area contributed by atoms with E-state index in [2.05, 4.69) is 15.3 Å². The number of hydrogen-bond donors (Lipinski definition) is 1. The fourth-order valence-electron chi connectivity index (χ4n) is 2.77. The third kappa shape index (κ3) is 3.39. The second kappa shape index (κ2) is 6.48. The molecule has 0 amide bonds. The Hall–Kier alpha value is -3.26. The maximum absolute atomic E-state index is 13.3. The minimum atomic E-state index is -3.28. The molecule has 2 aromatic heterocycles. The van der Waals surface area contributed by atoms with E-state index in [1.807, 2.05) is 6.07 Å².